The Hall–Kier alpha value is -1.52. The van der Waals surface area contributed by atoms with Crippen molar-refractivity contribution in [1.29, 1.82) is 0 Å². The van der Waals surface area contributed by atoms with Gasteiger partial charge in [-0.1, -0.05) is 6.07 Å². The molecule has 3 N–H and O–H groups in total. The van der Waals surface area contributed by atoms with Gasteiger partial charge in [0.05, 0.1) is 13.2 Å². The summed E-state index contributed by atoms with van der Waals surface area (Å²) in [5.74, 6) is 0.576. The summed E-state index contributed by atoms with van der Waals surface area (Å²) in [6.45, 7) is 0. The van der Waals surface area contributed by atoms with Gasteiger partial charge in [-0.25, -0.2) is 0 Å². The number of methoxy groups -OCH3 is 1. The fraction of sp³-hybridized carbons (Fsp3) is 0.167. The molecule has 0 spiro atoms. The summed E-state index contributed by atoms with van der Waals surface area (Å²) in [5.41, 5.74) is 8.10. The molecule has 1 aromatic heterocycles. The number of phenolic OH excluding ortho intramolecular Hbond substituents is 1. The van der Waals surface area contributed by atoms with Crippen LogP contribution in [0.2, 0.25) is 0 Å². The lowest BCUT2D eigenvalue weighted by atomic mass is 10.0. The highest BCUT2D eigenvalue weighted by molar-refractivity contribution is 7.08. The van der Waals surface area contributed by atoms with Crippen LogP contribution < -0.4 is 10.5 Å². The van der Waals surface area contributed by atoms with Crippen LogP contribution in [0.15, 0.2) is 35.0 Å². The molecule has 0 saturated heterocycles. The largest absolute Gasteiger partial charge is 0.504 e. The van der Waals surface area contributed by atoms with E-state index in [0.717, 1.165) is 11.1 Å². The van der Waals surface area contributed by atoms with Crippen LogP contribution in [-0.4, -0.2) is 12.2 Å². The standard InChI is InChI=1S/C12H13NO2S/c1-15-11-6-8(2-3-10(11)14)12(13)9-4-5-16-7-9/h2-7,12,14H,13H2,1H3/t12-/m1/s1. The number of rotatable bonds is 3. The molecule has 0 bridgehead atoms. The van der Waals surface area contributed by atoms with Crippen LogP contribution in [0, 0.1) is 0 Å². The van der Waals surface area contributed by atoms with Gasteiger partial charge in [-0.2, -0.15) is 11.3 Å². The molecular formula is C12H13NO2S. The van der Waals surface area contributed by atoms with E-state index in [4.69, 9.17) is 10.5 Å². The zero-order valence-corrected chi connectivity index (χ0v) is 9.70. The Bertz CT molecular complexity index is 468. The number of ether oxygens (including phenoxy) is 1. The summed E-state index contributed by atoms with van der Waals surface area (Å²) in [7, 11) is 1.52. The average molecular weight is 235 g/mol. The Morgan fingerprint density at radius 3 is 2.75 bits per heavy atom. The Kier molecular flexibility index (Phi) is 3.12. The van der Waals surface area contributed by atoms with Gasteiger partial charge >= 0.3 is 0 Å². The molecule has 2 rings (SSSR count). The number of aromatic hydroxyl groups is 1. The first-order valence-corrected chi connectivity index (χ1v) is 5.81. The second-order valence-electron chi connectivity index (χ2n) is 3.47. The Balaban J connectivity index is 2.34. The summed E-state index contributed by atoms with van der Waals surface area (Å²) < 4.78 is 5.05. The van der Waals surface area contributed by atoms with Crippen LogP contribution in [0.5, 0.6) is 11.5 Å². The highest BCUT2D eigenvalue weighted by Gasteiger charge is 2.11. The normalized spacial score (nSPS) is 12.4. The van der Waals surface area contributed by atoms with Crippen LogP contribution >= 0.6 is 11.3 Å². The molecular weight excluding hydrogens is 222 g/mol. The van der Waals surface area contributed by atoms with Crippen molar-refractivity contribution in [3.63, 3.8) is 0 Å². The van der Waals surface area contributed by atoms with Crippen molar-refractivity contribution in [1.82, 2.24) is 0 Å². The molecule has 0 saturated carbocycles. The van der Waals surface area contributed by atoms with Gasteiger partial charge in [0, 0.05) is 0 Å². The average Bonchev–Trinajstić information content (AvgIpc) is 2.82. The van der Waals surface area contributed by atoms with E-state index < -0.39 is 0 Å². The number of hydrogen-bond donors (Lipinski definition) is 2. The van der Waals surface area contributed by atoms with Crippen molar-refractivity contribution in [3.05, 3.63) is 46.2 Å². The van der Waals surface area contributed by atoms with E-state index in [2.05, 4.69) is 0 Å². The maximum atomic E-state index is 9.48. The highest BCUT2D eigenvalue weighted by Crippen LogP contribution is 2.30. The molecule has 1 atom stereocenters. The van der Waals surface area contributed by atoms with E-state index in [1.165, 1.54) is 7.11 Å². The number of hydrogen-bond acceptors (Lipinski definition) is 4. The molecule has 0 aliphatic rings. The predicted molar refractivity (Wildman–Crippen MR) is 65.0 cm³/mol. The van der Waals surface area contributed by atoms with Crippen molar-refractivity contribution in [2.75, 3.05) is 7.11 Å². The van der Waals surface area contributed by atoms with Crippen molar-refractivity contribution < 1.29 is 9.84 Å². The van der Waals surface area contributed by atoms with Crippen LogP contribution in [0.25, 0.3) is 0 Å². The lowest BCUT2D eigenvalue weighted by Gasteiger charge is -2.12. The first-order valence-electron chi connectivity index (χ1n) is 4.87. The Labute approximate surface area is 98.1 Å². The van der Waals surface area contributed by atoms with Gasteiger partial charge in [-0.15, -0.1) is 0 Å². The van der Waals surface area contributed by atoms with Crippen molar-refractivity contribution in [3.8, 4) is 11.5 Å². The molecule has 3 nitrogen and oxygen atoms in total. The van der Waals surface area contributed by atoms with Gasteiger partial charge in [0.2, 0.25) is 0 Å². The Morgan fingerprint density at radius 1 is 1.31 bits per heavy atom. The molecule has 0 radical (unpaired) electrons. The zero-order valence-electron chi connectivity index (χ0n) is 8.88. The third-order valence-corrected chi connectivity index (χ3v) is 3.17. The van der Waals surface area contributed by atoms with E-state index >= 15 is 0 Å². The van der Waals surface area contributed by atoms with Gasteiger partial charge in [0.1, 0.15) is 0 Å². The topological polar surface area (TPSA) is 55.5 Å². The number of thiophene rings is 1. The molecule has 4 heteroatoms. The van der Waals surface area contributed by atoms with Crippen molar-refractivity contribution in [2.45, 2.75) is 6.04 Å². The number of nitrogens with two attached hydrogens (primary N) is 1. The highest BCUT2D eigenvalue weighted by atomic mass is 32.1. The maximum Gasteiger partial charge on any atom is 0.160 e. The predicted octanol–water partition coefficient (Wildman–Crippen LogP) is 2.51. The monoisotopic (exact) mass is 235 g/mol. The quantitative estimate of drug-likeness (QED) is 0.859. The molecule has 0 aliphatic heterocycles. The van der Waals surface area contributed by atoms with E-state index in [1.807, 2.05) is 16.8 Å². The fourth-order valence-electron chi connectivity index (χ4n) is 1.53. The minimum atomic E-state index is -0.180. The van der Waals surface area contributed by atoms with Gasteiger partial charge in [-0.05, 0) is 40.1 Å². The van der Waals surface area contributed by atoms with Gasteiger partial charge in [0.25, 0.3) is 0 Å². The van der Waals surface area contributed by atoms with Crippen molar-refractivity contribution >= 4 is 11.3 Å². The summed E-state index contributed by atoms with van der Waals surface area (Å²) >= 11 is 1.62. The van der Waals surface area contributed by atoms with Gasteiger partial charge < -0.3 is 15.6 Å². The SMILES string of the molecule is COc1cc([C@@H](N)c2ccsc2)ccc1O. The summed E-state index contributed by atoms with van der Waals surface area (Å²) in [4.78, 5) is 0. The minimum Gasteiger partial charge on any atom is -0.504 e. The third kappa shape index (κ3) is 2.03. The molecule has 1 aromatic carbocycles. The molecule has 16 heavy (non-hydrogen) atoms. The number of benzene rings is 1. The first kappa shape index (κ1) is 11.0. The van der Waals surface area contributed by atoms with Crippen molar-refractivity contribution in [2.24, 2.45) is 5.73 Å². The smallest absolute Gasteiger partial charge is 0.160 e. The second-order valence-corrected chi connectivity index (χ2v) is 4.25. The molecule has 1 heterocycles. The van der Waals surface area contributed by atoms with Crippen LogP contribution in [0.3, 0.4) is 0 Å². The second kappa shape index (κ2) is 4.55. The fourth-order valence-corrected chi connectivity index (χ4v) is 2.23. The number of phenols is 1. The van der Waals surface area contributed by atoms with Gasteiger partial charge in [-0.3, -0.25) is 0 Å². The van der Waals surface area contributed by atoms with Crippen LogP contribution in [-0.2, 0) is 0 Å². The minimum absolute atomic E-state index is 0.128. The van der Waals surface area contributed by atoms with E-state index in [1.54, 1.807) is 29.5 Å². The Morgan fingerprint density at radius 2 is 2.12 bits per heavy atom. The van der Waals surface area contributed by atoms with E-state index in [0.29, 0.717) is 5.75 Å². The molecule has 84 valence electrons. The van der Waals surface area contributed by atoms with E-state index in [9.17, 15) is 5.11 Å². The molecule has 0 fully saturated rings. The maximum absolute atomic E-state index is 9.48. The molecule has 0 unspecified atom stereocenters. The van der Waals surface area contributed by atoms with Crippen LogP contribution in [0.1, 0.15) is 17.2 Å². The third-order valence-electron chi connectivity index (χ3n) is 2.47. The summed E-state index contributed by atoms with van der Waals surface area (Å²) in [6.07, 6.45) is 0. The lowest BCUT2D eigenvalue weighted by molar-refractivity contribution is 0.373. The lowest BCUT2D eigenvalue weighted by Crippen LogP contribution is -2.10. The molecule has 2 aromatic rings. The molecule has 0 aliphatic carbocycles. The van der Waals surface area contributed by atoms with Crippen LogP contribution in [0.4, 0.5) is 0 Å². The summed E-state index contributed by atoms with van der Waals surface area (Å²) in [6, 6.07) is 6.98. The van der Waals surface area contributed by atoms with E-state index in [-0.39, 0.29) is 11.8 Å². The molecule has 0 amide bonds. The first-order chi connectivity index (χ1) is 7.72. The summed E-state index contributed by atoms with van der Waals surface area (Å²) in [5, 5.41) is 13.5. The zero-order chi connectivity index (χ0) is 11.5. The van der Waals surface area contributed by atoms with Gasteiger partial charge in [0.15, 0.2) is 11.5 Å².